The van der Waals surface area contributed by atoms with Crippen LogP contribution in [0.1, 0.15) is 51.0 Å². The van der Waals surface area contributed by atoms with Gasteiger partial charge in [-0.2, -0.15) is 5.10 Å². The van der Waals surface area contributed by atoms with Gasteiger partial charge in [-0.25, -0.2) is 0 Å². The highest BCUT2D eigenvalue weighted by atomic mass is 16.5. The van der Waals surface area contributed by atoms with E-state index in [0.717, 1.165) is 54.3 Å². The molecule has 1 saturated carbocycles. The van der Waals surface area contributed by atoms with Gasteiger partial charge in [0, 0.05) is 11.4 Å². The van der Waals surface area contributed by atoms with Crippen LogP contribution < -0.4 is 10.1 Å². The highest BCUT2D eigenvalue weighted by Gasteiger charge is 2.50. The molecule has 2 atom stereocenters. The molecule has 1 aliphatic heterocycles. The van der Waals surface area contributed by atoms with Crippen molar-refractivity contribution < 1.29 is 14.3 Å². The van der Waals surface area contributed by atoms with Crippen molar-refractivity contribution in [3.63, 3.8) is 0 Å². The number of benzene rings is 2. The van der Waals surface area contributed by atoms with Gasteiger partial charge in [0.1, 0.15) is 11.8 Å². The second-order valence-corrected chi connectivity index (χ2v) is 9.30. The molecule has 0 radical (unpaired) electrons. The van der Waals surface area contributed by atoms with Gasteiger partial charge >= 0.3 is 0 Å². The van der Waals surface area contributed by atoms with Gasteiger partial charge in [-0.1, -0.05) is 31.0 Å². The van der Waals surface area contributed by atoms with E-state index in [1.807, 2.05) is 47.4 Å². The summed E-state index contributed by atoms with van der Waals surface area (Å²) in [4.78, 5) is 29.5. The van der Waals surface area contributed by atoms with Crippen LogP contribution in [0, 0.1) is 0 Å². The Kier molecular flexibility index (Phi) is 5.56. The summed E-state index contributed by atoms with van der Waals surface area (Å²) in [5.41, 5.74) is 2.02. The minimum absolute atomic E-state index is 0.0219. The van der Waals surface area contributed by atoms with E-state index in [9.17, 15) is 9.59 Å². The van der Waals surface area contributed by atoms with Crippen molar-refractivity contribution in [2.75, 3.05) is 12.4 Å². The molecule has 2 N–H and O–H groups in total. The van der Waals surface area contributed by atoms with Gasteiger partial charge < -0.3 is 15.0 Å². The van der Waals surface area contributed by atoms with E-state index in [2.05, 4.69) is 22.4 Å². The Morgan fingerprint density at radius 3 is 2.61 bits per heavy atom. The van der Waals surface area contributed by atoms with E-state index < -0.39 is 11.5 Å². The molecule has 7 nitrogen and oxygen atoms in total. The fourth-order valence-electron chi connectivity index (χ4n) is 5.64. The lowest BCUT2D eigenvalue weighted by molar-refractivity contribution is -0.143. The van der Waals surface area contributed by atoms with Crippen LogP contribution >= 0.6 is 0 Å². The molecule has 1 aromatic heterocycles. The fraction of sp³-hybridized carbons (Fsp3) is 0.423. The zero-order valence-corrected chi connectivity index (χ0v) is 19.1. The number of ether oxygens (including phenoxy) is 1. The third-order valence-corrected chi connectivity index (χ3v) is 7.46. The maximum atomic E-state index is 14.2. The number of likely N-dealkylation sites (tertiary alicyclic amines) is 1. The largest absolute Gasteiger partial charge is 0.497 e. The van der Waals surface area contributed by atoms with Gasteiger partial charge in [0.25, 0.3) is 0 Å². The fourth-order valence-corrected chi connectivity index (χ4v) is 5.64. The van der Waals surface area contributed by atoms with Crippen LogP contribution in [0.5, 0.6) is 5.75 Å². The molecule has 172 valence electrons. The average Bonchev–Trinajstić information content (AvgIpc) is 3.59. The Bertz CT molecular complexity index is 1160. The molecule has 2 aromatic carbocycles. The van der Waals surface area contributed by atoms with Gasteiger partial charge in [0.2, 0.25) is 11.8 Å². The van der Waals surface area contributed by atoms with E-state index >= 15 is 0 Å². The van der Waals surface area contributed by atoms with Crippen molar-refractivity contribution in [3.05, 3.63) is 54.2 Å². The second kappa shape index (κ2) is 8.54. The summed E-state index contributed by atoms with van der Waals surface area (Å²) in [6.45, 7) is 2.05. The molecule has 0 bridgehead atoms. The number of carbonyl (C=O) groups is 2. The molecular formula is C26H30N4O3. The number of aromatic nitrogens is 2. The number of hydrogen-bond donors (Lipinski definition) is 2. The van der Waals surface area contributed by atoms with Gasteiger partial charge in [-0.15, -0.1) is 0 Å². The van der Waals surface area contributed by atoms with Gasteiger partial charge in [-0.3, -0.25) is 14.7 Å². The van der Waals surface area contributed by atoms with Crippen LogP contribution in [0.4, 0.5) is 5.69 Å². The first kappa shape index (κ1) is 21.5. The van der Waals surface area contributed by atoms with Crippen LogP contribution in [0.2, 0.25) is 0 Å². The number of nitrogens with one attached hydrogen (secondary N) is 2. The molecule has 2 fully saturated rings. The summed E-state index contributed by atoms with van der Waals surface area (Å²) in [6.07, 6.45) is 6.84. The molecule has 33 heavy (non-hydrogen) atoms. The number of H-pyrrole nitrogens is 1. The molecule has 1 aliphatic carbocycles. The number of amides is 2. The first-order valence-electron chi connectivity index (χ1n) is 11.7. The minimum Gasteiger partial charge on any atom is -0.497 e. The Hall–Kier alpha value is -3.35. The van der Waals surface area contributed by atoms with Gasteiger partial charge in [-0.05, 0) is 62.4 Å². The lowest BCUT2D eigenvalue weighted by Gasteiger charge is -2.37. The van der Waals surface area contributed by atoms with Crippen molar-refractivity contribution in [2.24, 2.45) is 0 Å². The summed E-state index contributed by atoms with van der Waals surface area (Å²) in [7, 11) is 1.64. The van der Waals surface area contributed by atoms with Crippen LogP contribution in [0.15, 0.2) is 48.7 Å². The summed E-state index contributed by atoms with van der Waals surface area (Å²) >= 11 is 0. The van der Waals surface area contributed by atoms with E-state index in [0.29, 0.717) is 12.1 Å². The zero-order valence-electron chi connectivity index (χ0n) is 19.1. The van der Waals surface area contributed by atoms with E-state index in [1.165, 1.54) is 0 Å². The Labute approximate surface area is 193 Å². The Morgan fingerprint density at radius 1 is 1.12 bits per heavy atom. The number of fused-ring (bicyclic) bond motifs is 1. The monoisotopic (exact) mass is 446 g/mol. The summed E-state index contributed by atoms with van der Waals surface area (Å²) in [5, 5.41) is 10.9. The Balaban J connectivity index is 1.43. The molecular weight excluding hydrogens is 416 g/mol. The third-order valence-electron chi connectivity index (χ3n) is 7.46. The lowest BCUT2D eigenvalue weighted by Crippen LogP contribution is -2.53. The van der Waals surface area contributed by atoms with E-state index in [-0.39, 0.29) is 17.9 Å². The summed E-state index contributed by atoms with van der Waals surface area (Å²) in [6, 6.07) is 13.1. The van der Waals surface area contributed by atoms with Crippen LogP contribution in [0.25, 0.3) is 10.9 Å². The number of aromatic amines is 1. The van der Waals surface area contributed by atoms with Crippen molar-refractivity contribution >= 4 is 28.4 Å². The molecule has 2 heterocycles. The molecule has 0 spiro atoms. The summed E-state index contributed by atoms with van der Waals surface area (Å²) < 4.78 is 5.32. The highest BCUT2D eigenvalue weighted by molar-refractivity contribution is 6.04. The number of methoxy groups -OCH3 is 1. The number of hydrogen-bond acceptors (Lipinski definition) is 4. The maximum Gasteiger partial charge on any atom is 0.247 e. The highest BCUT2D eigenvalue weighted by Crippen LogP contribution is 2.45. The third kappa shape index (κ3) is 3.65. The molecule has 5 rings (SSSR count). The number of anilines is 1. The molecule has 2 amide bonds. The SMILES string of the molecule is COc1ccc(C2(C(=O)N3[C@H](C)CC[C@@H]3C(=O)Nc3cccc4[nH]ncc34)CCCC2)cc1. The average molecular weight is 447 g/mol. The van der Waals surface area contributed by atoms with Crippen molar-refractivity contribution in [3.8, 4) is 5.75 Å². The number of nitrogens with zero attached hydrogens (tertiary/aromatic N) is 2. The molecule has 1 saturated heterocycles. The molecule has 0 unspecified atom stereocenters. The number of rotatable bonds is 5. The van der Waals surface area contributed by atoms with Crippen molar-refractivity contribution in [2.45, 2.75) is 62.9 Å². The predicted molar refractivity (Wildman–Crippen MR) is 127 cm³/mol. The Morgan fingerprint density at radius 2 is 1.88 bits per heavy atom. The van der Waals surface area contributed by atoms with Crippen molar-refractivity contribution in [1.29, 1.82) is 0 Å². The standard InChI is InChI=1S/C26H30N4O3/c1-17-8-13-23(24(31)28-21-6-5-7-22-20(21)16-27-29-22)30(17)25(32)26(14-3-4-15-26)18-9-11-19(33-2)12-10-18/h5-7,9-12,16-17,23H,3-4,8,13-15H2,1-2H3,(H,27,29)(H,28,31)/t17-,23-/m1/s1. The summed E-state index contributed by atoms with van der Waals surface area (Å²) in [5.74, 6) is 0.723. The lowest BCUT2D eigenvalue weighted by atomic mass is 9.77. The second-order valence-electron chi connectivity index (χ2n) is 9.30. The number of carbonyl (C=O) groups excluding carboxylic acids is 2. The van der Waals surface area contributed by atoms with E-state index in [1.54, 1.807) is 13.3 Å². The van der Waals surface area contributed by atoms with Crippen molar-refractivity contribution in [1.82, 2.24) is 15.1 Å². The topological polar surface area (TPSA) is 87.3 Å². The first-order valence-corrected chi connectivity index (χ1v) is 11.7. The van der Waals surface area contributed by atoms with E-state index in [4.69, 9.17) is 4.74 Å². The quantitative estimate of drug-likeness (QED) is 0.608. The van der Waals surface area contributed by atoms with Crippen LogP contribution in [0.3, 0.4) is 0 Å². The molecule has 2 aliphatic rings. The minimum atomic E-state index is -0.575. The van der Waals surface area contributed by atoms with Crippen LogP contribution in [-0.2, 0) is 15.0 Å². The first-order chi connectivity index (χ1) is 16.0. The normalized spacial score (nSPS) is 21.9. The molecule has 3 aromatic rings. The maximum absolute atomic E-state index is 14.2. The van der Waals surface area contributed by atoms with Crippen LogP contribution in [-0.4, -0.2) is 46.1 Å². The molecule has 7 heteroatoms. The van der Waals surface area contributed by atoms with Gasteiger partial charge in [0.05, 0.1) is 29.9 Å². The predicted octanol–water partition coefficient (Wildman–Crippen LogP) is 4.40. The smallest absolute Gasteiger partial charge is 0.247 e. The van der Waals surface area contributed by atoms with Gasteiger partial charge in [0.15, 0.2) is 0 Å². The zero-order chi connectivity index (χ0) is 23.0.